The van der Waals surface area contributed by atoms with Crippen LogP contribution in [0.1, 0.15) is 11.7 Å². The first-order valence-corrected chi connectivity index (χ1v) is 3.60. The molecule has 80 valence electrons. The van der Waals surface area contributed by atoms with Gasteiger partial charge in [-0.3, -0.25) is 0 Å². The zero-order valence-corrected chi connectivity index (χ0v) is 7.06. The molecule has 0 saturated heterocycles. The molecule has 0 spiro atoms. The standard InChI is InChI=1S/C8H4F4N2O/c9-4-3(2(15)1-13)5(10)7(12)8(14)6(4)11/h2,15H,14H2. The fourth-order valence-corrected chi connectivity index (χ4v) is 0.970. The lowest BCUT2D eigenvalue weighted by Gasteiger charge is -2.09. The monoisotopic (exact) mass is 220 g/mol. The van der Waals surface area contributed by atoms with Gasteiger partial charge in [0.2, 0.25) is 0 Å². The molecule has 1 atom stereocenters. The van der Waals surface area contributed by atoms with Crippen LogP contribution in [0, 0.1) is 34.6 Å². The molecule has 0 aliphatic heterocycles. The van der Waals surface area contributed by atoms with Crippen LogP contribution in [-0.2, 0) is 0 Å². The Morgan fingerprint density at radius 2 is 1.47 bits per heavy atom. The largest absolute Gasteiger partial charge is 0.394 e. The van der Waals surface area contributed by atoms with Crippen LogP contribution < -0.4 is 5.73 Å². The Kier molecular flexibility index (Phi) is 2.81. The Morgan fingerprint density at radius 1 is 1.07 bits per heavy atom. The van der Waals surface area contributed by atoms with E-state index in [2.05, 4.69) is 0 Å². The van der Waals surface area contributed by atoms with Gasteiger partial charge in [-0.1, -0.05) is 0 Å². The molecule has 0 aromatic heterocycles. The summed E-state index contributed by atoms with van der Waals surface area (Å²) in [5.41, 5.74) is 1.98. The molecule has 0 aliphatic carbocycles. The van der Waals surface area contributed by atoms with Gasteiger partial charge in [-0.2, -0.15) is 5.26 Å². The summed E-state index contributed by atoms with van der Waals surface area (Å²) in [6, 6.07) is 1.04. The predicted molar refractivity (Wildman–Crippen MR) is 41.3 cm³/mol. The normalized spacial score (nSPS) is 12.3. The zero-order valence-electron chi connectivity index (χ0n) is 7.06. The lowest BCUT2D eigenvalue weighted by atomic mass is 10.1. The maximum Gasteiger partial charge on any atom is 0.185 e. The third kappa shape index (κ3) is 1.59. The molecule has 0 amide bonds. The molecule has 0 bridgehead atoms. The molecule has 1 aromatic rings. The van der Waals surface area contributed by atoms with E-state index in [4.69, 9.17) is 16.1 Å². The lowest BCUT2D eigenvalue weighted by molar-refractivity contribution is 0.220. The molecule has 1 aromatic carbocycles. The van der Waals surface area contributed by atoms with Crippen LogP contribution in [0.25, 0.3) is 0 Å². The first kappa shape index (κ1) is 11.3. The molecule has 1 unspecified atom stereocenters. The molecule has 0 heterocycles. The SMILES string of the molecule is N#CC(O)c1c(F)c(F)c(N)c(F)c1F. The average Bonchev–Trinajstić information content (AvgIpc) is 2.23. The third-order valence-corrected chi connectivity index (χ3v) is 1.73. The summed E-state index contributed by atoms with van der Waals surface area (Å²) in [7, 11) is 0. The van der Waals surface area contributed by atoms with Gasteiger partial charge in [-0.05, 0) is 0 Å². The van der Waals surface area contributed by atoms with Crippen molar-refractivity contribution in [1.82, 2.24) is 0 Å². The number of aliphatic hydroxyl groups excluding tert-OH is 1. The Labute approximate surface area is 81.4 Å². The fourth-order valence-electron chi connectivity index (χ4n) is 0.970. The van der Waals surface area contributed by atoms with E-state index in [0.29, 0.717) is 0 Å². The van der Waals surface area contributed by atoms with Gasteiger partial charge in [0.1, 0.15) is 5.69 Å². The highest BCUT2D eigenvalue weighted by molar-refractivity contribution is 5.46. The minimum Gasteiger partial charge on any atom is -0.394 e. The van der Waals surface area contributed by atoms with Crippen LogP contribution >= 0.6 is 0 Å². The molecule has 15 heavy (non-hydrogen) atoms. The number of nitrogens with two attached hydrogens (primary N) is 1. The summed E-state index contributed by atoms with van der Waals surface area (Å²) in [4.78, 5) is 0. The quantitative estimate of drug-likeness (QED) is 0.325. The number of halogens is 4. The highest BCUT2D eigenvalue weighted by Gasteiger charge is 2.27. The molecule has 7 heteroatoms. The topological polar surface area (TPSA) is 70.0 Å². The second-order valence-corrected chi connectivity index (χ2v) is 2.61. The minimum atomic E-state index is -2.30. The number of anilines is 1. The van der Waals surface area contributed by atoms with Crippen LogP contribution in [0.4, 0.5) is 23.2 Å². The van der Waals surface area contributed by atoms with Crippen molar-refractivity contribution in [2.45, 2.75) is 6.10 Å². The van der Waals surface area contributed by atoms with Crippen molar-refractivity contribution in [1.29, 1.82) is 5.26 Å². The van der Waals surface area contributed by atoms with E-state index in [1.54, 1.807) is 0 Å². The second-order valence-electron chi connectivity index (χ2n) is 2.61. The lowest BCUT2D eigenvalue weighted by Crippen LogP contribution is -2.10. The van der Waals surface area contributed by atoms with Crippen molar-refractivity contribution in [3.63, 3.8) is 0 Å². The number of nitrogen functional groups attached to an aromatic ring is 1. The third-order valence-electron chi connectivity index (χ3n) is 1.73. The Morgan fingerprint density at radius 3 is 1.80 bits per heavy atom. The fraction of sp³-hybridized carbons (Fsp3) is 0.125. The number of rotatable bonds is 1. The number of hydrogen-bond donors (Lipinski definition) is 2. The summed E-state index contributed by atoms with van der Waals surface area (Å²) in [6.45, 7) is 0. The van der Waals surface area contributed by atoms with Crippen LogP contribution in [0.3, 0.4) is 0 Å². The zero-order chi connectivity index (χ0) is 11.7. The van der Waals surface area contributed by atoms with E-state index < -0.39 is 40.6 Å². The number of benzene rings is 1. The van der Waals surface area contributed by atoms with E-state index in [1.807, 2.05) is 0 Å². The average molecular weight is 220 g/mol. The first-order valence-electron chi connectivity index (χ1n) is 3.60. The molecule has 3 nitrogen and oxygen atoms in total. The van der Waals surface area contributed by atoms with Gasteiger partial charge in [0.25, 0.3) is 0 Å². The van der Waals surface area contributed by atoms with Gasteiger partial charge in [0.15, 0.2) is 29.4 Å². The van der Waals surface area contributed by atoms with Gasteiger partial charge < -0.3 is 10.8 Å². The predicted octanol–water partition coefficient (Wildman–Crippen LogP) is 1.38. The Hall–Kier alpha value is -1.81. The maximum atomic E-state index is 13.0. The van der Waals surface area contributed by atoms with Crippen molar-refractivity contribution >= 4 is 5.69 Å². The summed E-state index contributed by atoms with van der Waals surface area (Å²) < 4.78 is 51.5. The number of aliphatic hydroxyl groups is 1. The molecule has 0 radical (unpaired) electrons. The highest BCUT2D eigenvalue weighted by atomic mass is 19.2. The van der Waals surface area contributed by atoms with Crippen LogP contribution in [0.5, 0.6) is 0 Å². The summed E-state index contributed by atoms with van der Waals surface area (Å²) in [5.74, 6) is -7.42. The molecule has 0 aliphatic rings. The van der Waals surface area contributed by atoms with Gasteiger partial charge in [0.05, 0.1) is 11.6 Å². The Bertz CT molecular complexity index is 426. The van der Waals surface area contributed by atoms with Crippen molar-refractivity contribution in [2.75, 3.05) is 5.73 Å². The van der Waals surface area contributed by atoms with Crippen molar-refractivity contribution in [2.24, 2.45) is 0 Å². The van der Waals surface area contributed by atoms with Crippen molar-refractivity contribution in [3.05, 3.63) is 28.8 Å². The van der Waals surface area contributed by atoms with Crippen molar-refractivity contribution in [3.8, 4) is 6.07 Å². The van der Waals surface area contributed by atoms with Gasteiger partial charge in [-0.25, -0.2) is 17.6 Å². The maximum absolute atomic E-state index is 13.0. The van der Waals surface area contributed by atoms with Crippen LogP contribution in [0.15, 0.2) is 0 Å². The van der Waals surface area contributed by atoms with Crippen LogP contribution in [0.2, 0.25) is 0 Å². The molecule has 0 saturated carbocycles. The smallest absolute Gasteiger partial charge is 0.185 e. The molecule has 3 N–H and O–H groups in total. The summed E-state index contributed by atoms with van der Waals surface area (Å²) in [6.07, 6.45) is -2.30. The Balaban J connectivity index is 3.61. The molecular formula is C8H4F4N2O. The van der Waals surface area contributed by atoms with Crippen LogP contribution in [-0.4, -0.2) is 5.11 Å². The van der Waals surface area contributed by atoms with E-state index >= 15 is 0 Å². The first-order chi connectivity index (χ1) is 6.91. The van der Waals surface area contributed by atoms with E-state index in [-0.39, 0.29) is 0 Å². The van der Waals surface area contributed by atoms with E-state index in [0.717, 1.165) is 6.07 Å². The van der Waals surface area contributed by atoms with E-state index in [1.165, 1.54) is 0 Å². The number of nitriles is 1. The molecular weight excluding hydrogens is 216 g/mol. The number of nitrogens with zero attached hydrogens (tertiary/aromatic N) is 1. The second kappa shape index (κ2) is 3.74. The summed E-state index contributed by atoms with van der Waals surface area (Å²) in [5, 5.41) is 17.0. The highest BCUT2D eigenvalue weighted by Crippen LogP contribution is 2.29. The van der Waals surface area contributed by atoms with Gasteiger partial charge >= 0.3 is 0 Å². The molecule has 0 fully saturated rings. The minimum absolute atomic E-state index is 1.04. The molecule has 1 rings (SSSR count). The summed E-state index contributed by atoms with van der Waals surface area (Å²) >= 11 is 0. The number of hydrogen-bond acceptors (Lipinski definition) is 3. The van der Waals surface area contributed by atoms with Gasteiger partial charge in [0, 0.05) is 0 Å². The van der Waals surface area contributed by atoms with Crippen molar-refractivity contribution < 1.29 is 22.7 Å². The van der Waals surface area contributed by atoms with E-state index in [9.17, 15) is 17.6 Å². The van der Waals surface area contributed by atoms with Gasteiger partial charge in [-0.15, -0.1) is 0 Å².